The summed E-state index contributed by atoms with van der Waals surface area (Å²) in [7, 11) is -2.98. The average Bonchev–Trinajstić information content (AvgIpc) is 3.20. The zero-order chi connectivity index (χ0) is 28.0. The highest BCUT2D eigenvalue weighted by molar-refractivity contribution is 7.90. The van der Waals surface area contributed by atoms with E-state index >= 15 is 0 Å². The SMILES string of the molecule is COc1c(Cc2cc3cc(C(F)(F)F)ccc3n2S(=O)(=O)c2cccc(C(C)(C)C)c2)cccc1C(=O)O. The van der Waals surface area contributed by atoms with Crippen molar-refractivity contribution >= 4 is 26.9 Å². The van der Waals surface area contributed by atoms with Gasteiger partial charge in [-0.2, -0.15) is 13.2 Å². The van der Waals surface area contributed by atoms with Gasteiger partial charge < -0.3 is 9.84 Å². The summed E-state index contributed by atoms with van der Waals surface area (Å²) < 4.78 is 74.7. The number of alkyl halides is 3. The van der Waals surface area contributed by atoms with Gasteiger partial charge in [0.1, 0.15) is 11.3 Å². The van der Waals surface area contributed by atoms with Crippen molar-refractivity contribution in [3.05, 3.63) is 94.7 Å². The molecule has 6 nitrogen and oxygen atoms in total. The van der Waals surface area contributed by atoms with Crippen LogP contribution in [0.3, 0.4) is 0 Å². The quantitative estimate of drug-likeness (QED) is 0.299. The van der Waals surface area contributed by atoms with E-state index in [4.69, 9.17) is 4.74 Å². The summed E-state index contributed by atoms with van der Waals surface area (Å²) in [5, 5.41) is 9.63. The minimum atomic E-state index is -4.62. The molecule has 0 fully saturated rings. The lowest BCUT2D eigenvalue weighted by Crippen LogP contribution is -2.18. The number of nitrogens with zero attached hydrogens (tertiary/aromatic N) is 1. The van der Waals surface area contributed by atoms with Gasteiger partial charge >= 0.3 is 12.1 Å². The first kappa shape index (κ1) is 27.3. The topological polar surface area (TPSA) is 85.6 Å². The molecular weight excluding hydrogens is 519 g/mol. The Balaban J connectivity index is 1.99. The van der Waals surface area contributed by atoms with Crippen LogP contribution in [0.1, 0.15) is 53.5 Å². The van der Waals surface area contributed by atoms with Gasteiger partial charge in [-0.25, -0.2) is 17.2 Å². The zero-order valence-electron chi connectivity index (χ0n) is 21.1. The van der Waals surface area contributed by atoms with Crippen LogP contribution in [-0.4, -0.2) is 30.6 Å². The maximum Gasteiger partial charge on any atom is 0.416 e. The Hall–Kier alpha value is -3.79. The Bertz CT molecular complexity index is 1650. The number of ether oxygens (including phenoxy) is 1. The molecule has 0 saturated heterocycles. The maximum atomic E-state index is 14.0. The smallest absolute Gasteiger partial charge is 0.416 e. The third-order valence-electron chi connectivity index (χ3n) is 6.30. The Morgan fingerprint density at radius 1 is 0.947 bits per heavy atom. The standard InChI is InChI=1S/C28H26F3NO5S/c1-27(2,3)19-8-6-9-22(16-19)38(35,36)32-21(14-17-7-5-10-23(26(33)34)25(17)37-4)15-18-13-20(28(29,30)31)11-12-24(18)32/h5-13,15-16H,14H2,1-4H3,(H,33,34). The van der Waals surface area contributed by atoms with Crippen molar-refractivity contribution in [3.63, 3.8) is 0 Å². The molecule has 0 amide bonds. The molecule has 0 aliphatic carbocycles. The molecule has 0 unspecified atom stereocenters. The van der Waals surface area contributed by atoms with Gasteiger partial charge in [0, 0.05) is 23.1 Å². The molecule has 0 aliphatic rings. The molecule has 0 bridgehead atoms. The fourth-order valence-electron chi connectivity index (χ4n) is 4.39. The first-order chi connectivity index (χ1) is 17.6. The second-order valence-electron chi connectivity index (χ2n) is 9.93. The lowest BCUT2D eigenvalue weighted by atomic mass is 9.87. The summed E-state index contributed by atoms with van der Waals surface area (Å²) in [4.78, 5) is 11.7. The Morgan fingerprint density at radius 3 is 2.24 bits per heavy atom. The summed E-state index contributed by atoms with van der Waals surface area (Å²) >= 11 is 0. The predicted molar refractivity (Wildman–Crippen MR) is 137 cm³/mol. The molecule has 38 heavy (non-hydrogen) atoms. The number of hydrogen-bond acceptors (Lipinski definition) is 4. The molecule has 0 radical (unpaired) electrons. The van der Waals surface area contributed by atoms with Crippen LogP contribution >= 0.6 is 0 Å². The van der Waals surface area contributed by atoms with E-state index in [1.54, 1.807) is 18.2 Å². The largest absolute Gasteiger partial charge is 0.496 e. The van der Waals surface area contributed by atoms with Gasteiger partial charge in [-0.3, -0.25) is 0 Å². The number of rotatable bonds is 6. The van der Waals surface area contributed by atoms with Gasteiger partial charge in [0.2, 0.25) is 0 Å². The first-order valence-corrected chi connectivity index (χ1v) is 13.1. The third kappa shape index (κ3) is 5.00. The first-order valence-electron chi connectivity index (χ1n) is 11.6. The minimum Gasteiger partial charge on any atom is -0.496 e. The molecule has 1 heterocycles. The molecule has 0 atom stereocenters. The lowest BCUT2D eigenvalue weighted by Gasteiger charge is -2.20. The number of benzene rings is 3. The van der Waals surface area contributed by atoms with Crippen molar-refractivity contribution in [2.24, 2.45) is 0 Å². The summed E-state index contributed by atoms with van der Waals surface area (Å²) in [6.07, 6.45) is -4.73. The number of carboxylic acid groups (broad SMARTS) is 1. The van der Waals surface area contributed by atoms with Crippen LogP contribution in [0.15, 0.2) is 71.6 Å². The molecule has 4 aromatic rings. The van der Waals surface area contributed by atoms with Crippen LogP contribution in [0, 0.1) is 0 Å². The zero-order valence-corrected chi connectivity index (χ0v) is 21.9. The highest BCUT2D eigenvalue weighted by Gasteiger charge is 2.32. The van der Waals surface area contributed by atoms with Gasteiger partial charge in [0.25, 0.3) is 10.0 Å². The lowest BCUT2D eigenvalue weighted by molar-refractivity contribution is -0.137. The average molecular weight is 546 g/mol. The number of fused-ring (bicyclic) bond motifs is 1. The summed E-state index contributed by atoms with van der Waals surface area (Å²) in [5.74, 6) is -1.19. The fraction of sp³-hybridized carbons (Fsp3) is 0.250. The third-order valence-corrected chi connectivity index (χ3v) is 8.06. The predicted octanol–water partition coefficient (Wildman–Crippen LogP) is 6.49. The number of hydrogen-bond donors (Lipinski definition) is 1. The summed E-state index contributed by atoms with van der Waals surface area (Å²) in [5.41, 5.74) is -0.0138. The van der Waals surface area contributed by atoms with Gasteiger partial charge in [-0.15, -0.1) is 0 Å². The normalized spacial score (nSPS) is 12.6. The van der Waals surface area contributed by atoms with Crippen LogP contribution in [0.5, 0.6) is 5.75 Å². The van der Waals surface area contributed by atoms with Gasteiger partial charge in [-0.1, -0.05) is 45.0 Å². The highest BCUT2D eigenvalue weighted by atomic mass is 32.2. The number of aromatic carboxylic acids is 1. The van der Waals surface area contributed by atoms with E-state index in [1.807, 2.05) is 26.8 Å². The molecule has 0 aliphatic heterocycles. The van der Waals surface area contributed by atoms with E-state index in [9.17, 15) is 31.5 Å². The number of carboxylic acids is 1. The maximum absolute atomic E-state index is 14.0. The van der Waals surface area contributed by atoms with E-state index in [0.29, 0.717) is 5.56 Å². The highest BCUT2D eigenvalue weighted by Crippen LogP contribution is 2.36. The second kappa shape index (κ2) is 9.50. The van der Waals surface area contributed by atoms with E-state index in [2.05, 4.69) is 0 Å². The van der Waals surface area contributed by atoms with Gasteiger partial charge in [-0.05, 0) is 53.4 Å². The monoisotopic (exact) mass is 545 g/mol. The number of carbonyl (C=O) groups is 1. The molecule has 0 spiro atoms. The number of halogens is 3. The molecule has 10 heteroatoms. The van der Waals surface area contributed by atoms with Gasteiger partial charge in [0.05, 0.1) is 23.1 Å². The molecule has 1 N–H and O–H groups in total. The van der Waals surface area contributed by atoms with Crippen molar-refractivity contribution in [1.29, 1.82) is 0 Å². The van der Waals surface area contributed by atoms with E-state index in [-0.39, 0.29) is 44.6 Å². The second-order valence-corrected chi connectivity index (χ2v) is 11.7. The van der Waals surface area contributed by atoms with Crippen molar-refractivity contribution in [2.75, 3.05) is 7.11 Å². The summed E-state index contributed by atoms with van der Waals surface area (Å²) in [6, 6.07) is 15.1. The van der Waals surface area contributed by atoms with Crippen molar-refractivity contribution in [2.45, 2.75) is 43.7 Å². The van der Waals surface area contributed by atoms with Crippen LogP contribution in [0.4, 0.5) is 13.2 Å². The number of aromatic nitrogens is 1. The molecule has 0 saturated carbocycles. The van der Waals surface area contributed by atoms with Crippen molar-refractivity contribution < 1.29 is 36.2 Å². The molecule has 4 rings (SSSR count). The van der Waals surface area contributed by atoms with E-state index < -0.39 is 27.7 Å². The Kier molecular flexibility index (Phi) is 6.82. The number of methoxy groups -OCH3 is 1. The van der Waals surface area contributed by atoms with Gasteiger partial charge in [0.15, 0.2) is 0 Å². The molecule has 3 aromatic carbocycles. The molecular formula is C28H26F3NO5S. The van der Waals surface area contributed by atoms with E-state index in [1.165, 1.54) is 31.4 Å². The van der Waals surface area contributed by atoms with E-state index in [0.717, 1.165) is 27.7 Å². The fourth-order valence-corrected chi connectivity index (χ4v) is 5.98. The number of para-hydroxylation sites is 1. The molecule has 200 valence electrons. The van der Waals surface area contributed by atoms with Crippen molar-refractivity contribution in [1.82, 2.24) is 3.97 Å². The Morgan fingerprint density at radius 2 is 1.63 bits per heavy atom. The van der Waals surface area contributed by atoms with Crippen LogP contribution in [0.25, 0.3) is 10.9 Å². The Labute approximate surface area is 218 Å². The molecule has 1 aromatic heterocycles. The van der Waals surface area contributed by atoms with Crippen LogP contribution < -0.4 is 4.74 Å². The summed E-state index contributed by atoms with van der Waals surface area (Å²) in [6.45, 7) is 5.82. The minimum absolute atomic E-state index is 0.0187. The van der Waals surface area contributed by atoms with Crippen molar-refractivity contribution in [3.8, 4) is 5.75 Å². The van der Waals surface area contributed by atoms with Crippen LogP contribution in [0.2, 0.25) is 0 Å². The van der Waals surface area contributed by atoms with Crippen LogP contribution in [-0.2, 0) is 28.0 Å².